The first kappa shape index (κ1) is 23.4. The number of benzene rings is 1. The summed E-state index contributed by atoms with van der Waals surface area (Å²) in [6, 6.07) is 9.31. The summed E-state index contributed by atoms with van der Waals surface area (Å²) in [6.45, 7) is 4.61. The molecule has 0 spiro atoms. The number of carbonyl (C=O) groups is 1. The third-order valence-electron chi connectivity index (χ3n) is 6.32. The van der Waals surface area contributed by atoms with Crippen molar-refractivity contribution in [3.05, 3.63) is 51.7 Å². The van der Waals surface area contributed by atoms with E-state index < -0.39 is 16.0 Å². The molecule has 0 amide bonds. The molecular formula is C23H26N4O4S3. The molecule has 2 saturated heterocycles. The van der Waals surface area contributed by atoms with Gasteiger partial charge in [-0.3, -0.25) is 4.90 Å². The Labute approximate surface area is 207 Å². The first-order valence-electron chi connectivity index (χ1n) is 11.3. The van der Waals surface area contributed by atoms with E-state index in [0.717, 1.165) is 42.1 Å². The Morgan fingerprint density at radius 3 is 2.44 bits per heavy atom. The Morgan fingerprint density at radius 1 is 1.00 bits per heavy atom. The number of hydrogen-bond donors (Lipinski definition) is 1. The summed E-state index contributed by atoms with van der Waals surface area (Å²) in [7, 11) is -3.69. The minimum Gasteiger partial charge on any atom is -0.477 e. The van der Waals surface area contributed by atoms with Gasteiger partial charge in [-0.25, -0.2) is 18.2 Å². The second-order valence-corrected chi connectivity index (χ2v) is 12.4. The van der Waals surface area contributed by atoms with Crippen molar-refractivity contribution in [1.82, 2.24) is 14.2 Å². The van der Waals surface area contributed by atoms with E-state index in [4.69, 9.17) is 5.11 Å². The summed E-state index contributed by atoms with van der Waals surface area (Å²) >= 11 is 2.80. The zero-order valence-corrected chi connectivity index (χ0v) is 21.0. The van der Waals surface area contributed by atoms with Crippen molar-refractivity contribution in [3.63, 3.8) is 0 Å². The molecule has 180 valence electrons. The highest BCUT2D eigenvalue weighted by atomic mass is 32.2. The van der Waals surface area contributed by atoms with Crippen LogP contribution in [0, 0.1) is 0 Å². The van der Waals surface area contributed by atoms with Gasteiger partial charge in [-0.15, -0.1) is 11.3 Å². The summed E-state index contributed by atoms with van der Waals surface area (Å²) in [5.74, 6) is -1.00. The van der Waals surface area contributed by atoms with Crippen molar-refractivity contribution in [2.45, 2.75) is 24.3 Å². The number of thiazole rings is 1. The molecule has 2 aliphatic rings. The maximum absolute atomic E-state index is 13.7. The molecule has 0 radical (unpaired) electrons. The van der Waals surface area contributed by atoms with Crippen molar-refractivity contribution in [1.29, 1.82) is 0 Å². The van der Waals surface area contributed by atoms with E-state index in [0.29, 0.717) is 36.2 Å². The normalized spacial score (nSPS) is 17.9. The molecule has 0 saturated carbocycles. The number of likely N-dealkylation sites (tertiary alicyclic amines) is 1. The van der Waals surface area contributed by atoms with Crippen molar-refractivity contribution >= 4 is 43.8 Å². The summed E-state index contributed by atoms with van der Waals surface area (Å²) < 4.78 is 28.9. The fourth-order valence-electron chi connectivity index (χ4n) is 4.53. The largest absolute Gasteiger partial charge is 0.477 e. The number of rotatable bonds is 7. The second kappa shape index (κ2) is 9.74. The molecular weight excluding hydrogens is 492 g/mol. The van der Waals surface area contributed by atoms with Gasteiger partial charge in [0.2, 0.25) is 10.0 Å². The molecule has 0 bridgehead atoms. The highest BCUT2D eigenvalue weighted by molar-refractivity contribution is 7.89. The fourth-order valence-corrected chi connectivity index (χ4v) is 7.90. The number of thiophene rings is 1. The van der Waals surface area contributed by atoms with Crippen LogP contribution in [0.5, 0.6) is 0 Å². The first-order chi connectivity index (χ1) is 16.4. The third-order valence-corrected chi connectivity index (χ3v) is 10.2. The maximum Gasteiger partial charge on any atom is 0.347 e. The van der Waals surface area contributed by atoms with E-state index in [9.17, 15) is 13.2 Å². The maximum atomic E-state index is 13.7. The number of carboxylic acid groups (broad SMARTS) is 1. The quantitative estimate of drug-likeness (QED) is 0.510. The lowest BCUT2D eigenvalue weighted by atomic mass is 10.1. The van der Waals surface area contributed by atoms with Gasteiger partial charge in [0.15, 0.2) is 5.13 Å². The van der Waals surface area contributed by atoms with Crippen LogP contribution in [0.4, 0.5) is 5.13 Å². The lowest BCUT2D eigenvalue weighted by Gasteiger charge is -2.34. The van der Waals surface area contributed by atoms with Gasteiger partial charge in [-0.2, -0.15) is 4.31 Å². The molecule has 0 aliphatic carbocycles. The van der Waals surface area contributed by atoms with Crippen LogP contribution < -0.4 is 4.90 Å². The molecule has 2 fully saturated rings. The Balaban J connectivity index is 1.36. The standard InChI is InChI=1S/C23H26N4O4S3/c28-22(29)19-15-24-23(33-19)26-10-12-27(13-11-26)34(30,31)21-6-2-1-5-18(21)17-7-14-32-20(17)16-25-8-3-4-9-25/h1-2,5-7,14-15H,3-4,8-13,16H2,(H,28,29). The van der Waals surface area contributed by atoms with Gasteiger partial charge in [0.05, 0.1) is 11.1 Å². The number of nitrogens with zero attached hydrogens (tertiary/aromatic N) is 4. The SMILES string of the molecule is O=C(O)c1cnc(N2CCN(S(=O)(=O)c3ccccc3-c3ccsc3CN3CCCC3)CC2)s1. The van der Waals surface area contributed by atoms with E-state index in [1.807, 2.05) is 28.5 Å². The number of anilines is 1. The van der Waals surface area contributed by atoms with Gasteiger partial charge in [0.1, 0.15) is 4.88 Å². The van der Waals surface area contributed by atoms with Crippen molar-refractivity contribution in [2.24, 2.45) is 0 Å². The molecule has 11 heteroatoms. The lowest BCUT2D eigenvalue weighted by molar-refractivity contribution is 0.0702. The summed E-state index contributed by atoms with van der Waals surface area (Å²) in [5, 5.41) is 11.8. The van der Waals surface area contributed by atoms with Crippen LogP contribution in [0.1, 0.15) is 27.4 Å². The van der Waals surface area contributed by atoms with E-state index in [-0.39, 0.29) is 4.88 Å². The Bertz CT molecular complexity index is 1270. The number of piperazine rings is 1. The molecule has 5 rings (SSSR count). The first-order valence-corrected chi connectivity index (χ1v) is 14.4. The van der Waals surface area contributed by atoms with Crippen LogP contribution in [0.15, 0.2) is 46.8 Å². The molecule has 34 heavy (non-hydrogen) atoms. The minimum atomic E-state index is -3.69. The van der Waals surface area contributed by atoms with Crippen molar-refractivity contribution < 1.29 is 18.3 Å². The average Bonchev–Trinajstić information content (AvgIpc) is 3.62. The monoisotopic (exact) mass is 518 g/mol. The minimum absolute atomic E-state index is 0.180. The van der Waals surface area contributed by atoms with Crippen LogP contribution in [0.3, 0.4) is 0 Å². The number of sulfonamides is 1. The highest BCUT2D eigenvalue weighted by Gasteiger charge is 2.32. The molecule has 4 heterocycles. The van der Waals surface area contributed by atoms with Crippen LogP contribution in [-0.2, 0) is 16.6 Å². The smallest absolute Gasteiger partial charge is 0.347 e. The molecule has 1 aromatic carbocycles. The summed E-state index contributed by atoms with van der Waals surface area (Å²) in [4.78, 5) is 21.4. The van der Waals surface area contributed by atoms with Crippen LogP contribution in [0.25, 0.3) is 11.1 Å². The third kappa shape index (κ3) is 4.63. The molecule has 1 N–H and O–H groups in total. The van der Waals surface area contributed by atoms with Crippen molar-refractivity contribution in [2.75, 3.05) is 44.2 Å². The summed E-state index contributed by atoms with van der Waals surface area (Å²) in [6.07, 6.45) is 3.79. The van der Waals surface area contributed by atoms with Crippen LogP contribution >= 0.6 is 22.7 Å². The topological polar surface area (TPSA) is 94.0 Å². The van der Waals surface area contributed by atoms with Gasteiger partial charge in [0.25, 0.3) is 0 Å². The highest BCUT2D eigenvalue weighted by Crippen LogP contribution is 2.36. The Hall–Kier alpha value is -2.31. The summed E-state index contributed by atoms with van der Waals surface area (Å²) in [5.41, 5.74) is 1.75. The number of carboxylic acids is 1. The van der Waals surface area contributed by atoms with E-state index >= 15 is 0 Å². The fraction of sp³-hybridized carbons (Fsp3) is 0.391. The predicted octanol–water partition coefficient (Wildman–Crippen LogP) is 3.68. The van der Waals surface area contributed by atoms with Crippen LogP contribution in [-0.4, -0.2) is 73.0 Å². The zero-order valence-electron chi connectivity index (χ0n) is 18.6. The van der Waals surface area contributed by atoms with Gasteiger partial charge in [0, 0.05) is 43.2 Å². The molecule has 2 aliphatic heterocycles. The zero-order chi connectivity index (χ0) is 23.7. The molecule has 0 unspecified atom stereocenters. The van der Waals surface area contributed by atoms with E-state index in [1.165, 1.54) is 28.2 Å². The molecule has 2 aromatic heterocycles. The van der Waals surface area contributed by atoms with E-state index in [2.05, 4.69) is 9.88 Å². The van der Waals surface area contributed by atoms with Gasteiger partial charge >= 0.3 is 5.97 Å². The number of aromatic nitrogens is 1. The molecule has 3 aromatic rings. The predicted molar refractivity (Wildman–Crippen MR) is 134 cm³/mol. The van der Waals surface area contributed by atoms with Gasteiger partial charge in [-0.1, -0.05) is 29.5 Å². The van der Waals surface area contributed by atoms with Gasteiger partial charge < -0.3 is 10.0 Å². The van der Waals surface area contributed by atoms with Crippen molar-refractivity contribution in [3.8, 4) is 11.1 Å². The Morgan fingerprint density at radius 2 is 1.74 bits per heavy atom. The number of hydrogen-bond acceptors (Lipinski definition) is 8. The van der Waals surface area contributed by atoms with Crippen LogP contribution in [0.2, 0.25) is 0 Å². The second-order valence-electron chi connectivity index (χ2n) is 8.44. The average molecular weight is 519 g/mol. The van der Waals surface area contributed by atoms with E-state index in [1.54, 1.807) is 23.5 Å². The molecule has 0 atom stereocenters. The molecule has 8 nitrogen and oxygen atoms in total. The van der Waals surface area contributed by atoms with Gasteiger partial charge in [-0.05, 0) is 49.0 Å². The lowest BCUT2D eigenvalue weighted by Crippen LogP contribution is -2.48. The number of aromatic carboxylic acids is 1. The Kier molecular flexibility index (Phi) is 6.72.